The number of carbonyl (C=O) groups excluding carboxylic acids is 1. The standard InChI is InChI=1S/C19H18F2N4O2/c1-27-18-7-2-12(8-15(18)21)10-24-19(26)17-9-16(23-25(17)11-22-24)13-3-5-14(20)6-4-13/h2-8,11,16-17,23H,9-10H2,1H3. The van der Waals surface area contributed by atoms with Crippen molar-refractivity contribution in [2.24, 2.45) is 5.10 Å². The molecule has 1 amide bonds. The summed E-state index contributed by atoms with van der Waals surface area (Å²) in [7, 11) is 1.40. The third-order valence-corrected chi connectivity index (χ3v) is 4.78. The van der Waals surface area contributed by atoms with Gasteiger partial charge in [-0.2, -0.15) is 5.10 Å². The van der Waals surface area contributed by atoms with E-state index in [4.69, 9.17) is 4.74 Å². The van der Waals surface area contributed by atoms with Crippen molar-refractivity contribution in [2.75, 3.05) is 7.11 Å². The van der Waals surface area contributed by atoms with Crippen LogP contribution in [0.25, 0.3) is 0 Å². The van der Waals surface area contributed by atoms with Gasteiger partial charge in [0.15, 0.2) is 11.6 Å². The number of nitrogens with zero attached hydrogens (tertiary/aromatic N) is 3. The fraction of sp³-hybridized carbons (Fsp3) is 0.263. The van der Waals surface area contributed by atoms with Gasteiger partial charge in [0, 0.05) is 0 Å². The number of amides is 1. The average Bonchev–Trinajstić information content (AvgIpc) is 3.10. The molecule has 1 N–H and O–H groups in total. The number of halogens is 2. The average molecular weight is 372 g/mol. The smallest absolute Gasteiger partial charge is 0.267 e. The normalized spacial score (nSPS) is 21.5. The molecule has 0 aliphatic carbocycles. The van der Waals surface area contributed by atoms with Crippen molar-refractivity contribution in [1.29, 1.82) is 0 Å². The molecule has 2 atom stereocenters. The highest BCUT2D eigenvalue weighted by atomic mass is 19.1. The first kappa shape index (κ1) is 17.4. The van der Waals surface area contributed by atoms with Crippen molar-refractivity contribution < 1.29 is 18.3 Å². The van der Waals surface area contributed by atoms with E-state index in [0.717, 1.165) is 5.56 Å². The van der Waals surface area contributed by atoms with E-state index in [1.54, 1.807) is 29.5 Å². The molecule has 1 fully saturated rings. The predicted octanol–water partition coefficient (Wildman–Crippen LogP) is 2.58. The van der Waals surface area contributed by atoms with Crippen molar-refractivity contribution in [3.05, 3.63) is 65.2 Å². The van der Waals surface area contributed by atoms with Crippen molar-refractivity contribution in [1.82, 2.24) is 15.4 Å². The third kappa shape index (κ3) is 3.35. The highest BCUT2D eigenvalue weighted by Crippen LogP contribution is 2.30. The minimum Gasteiger partial charge on any atom is -0.494 e. The molecule has 0 aromatic heterocycles. The summed E-state index contributed by atoms with van der Waals surface area (Å²) in [5, 5.41) is 7.17. The lowest BCUT2D eigenvalue weighted by atomic mass is 10.0. The van der Waals surface area contributed by atoms with Crippen LogP contribution in [0.15, 0.2) is 47.6 Å². The monoisotopic (exact) mass is 372 g/mol. The van der Waals surface area contributed by atoms with Crippen LogP contribution in [-0.2, 0) is 11.3 Å². The molecule has 2 aliphatic rings. The molecule has 4 rings (SSSR count). The Morgan fingerprint density at radius 1 is 1.22 bits per heavy atom. The number of methoxy groups -OCH3 is 1. The Bertz CT molecular complexity index is 888. The van der Waals surface area contributed by atoms with Crippen LogP contribution in [0.4, 0.5) is 8.78 Å². The maximum Gasteiger partial charge on any atom is 0.267 e. The number of fused-ring (bicyclic) bond motifs is 1. The molecule has 2 aromatic carbocycles. The van der Waals surface area contributed by atoms with Crippen LogP contribution in [0.2, 0.25) is 0 Å². The Morgan fingerprint density at radius 3 is 2.70 bits per heavy atom. The minimum atomic E-state index is -0.482. The zero-order valence-corrected chi connectivity index (χ0v) is 14.6. The number of hydrogen-bond acceptors (Lipinski definition) is 5. The summed E-state index contributed by atoms with van der Waals surface area (Å²) in [5.41, 5.74) is 4.72. The molecule has 27 heavy (non-hydrogen) atoms. The lowest BCUT2D eigenvalue weighted by Gasteiger charge is -2.30. The number of carbonyl (C=O) groups is 1. The number of hydrazine groups is 1. The molecular formula is C19H18F2N4O2. The molecule has 0 saturated carbocycles. The van der Waals surface area contributed by atoms with Gasteiger partial charge in [0.05, 0.1) is 19.7 Å². The number of hydrogen-bond donors (Lipinski definition) is 1. The number of ether oxygens (including phenoxy) is 1. The van der Waals surface area contributed by atoms with Crippen LogP contribution in [0.1, 0.15) is 23.6 Å². The molecule has 2 heterocycles. The van der Waals surface area contributed by atoms with Crippen LogP contribution in [0, 0.1) is 11.6 Å². The molecule has 6 nitrogen and oxygen atoms in total. The predicted molar refractivity (Wildman–Crippen MR) is 94.5 cm³/mol. The Hall–Kier alpha value is -3.00. The molecule has 0 spiro atoms. The molecular weight excluding hydrogens is 354 g/mol. The SMILES string of the molecule is COc1ccc(CN2N=CN3NC(c4ccc(F)cc4)CC3C2=O)cc1F. The Morgan fingerprint density at radius 2 is 2.00 bits per heavy atom. The second kappa shape index (κ2) is 6.96. The Balaban J connectivity index is 1.47. The molecule has 2 aliphatic heterocycles. The van der Waals surface area contributed by atoms with Crippen molar-refractivity contribution in [3.63, 3.8) is 0 Å². The lowest BCUT2D eigenvalue weighted by Crippen LogP contribution is -2.50. The first-order valence-electron chi connectivity index (χ1n) is 8.53. The van der Waals surface area contributed by atoms with E-state index in [1.165, 1.54) is 36.4 Å². The van der Waals surface area contributed by atoms with E-state index >= 15 is 0 Å². The van der Waals surface area contributed by atoms with E-state index in [-0.39, 0.29) is 30.1 Å². The summed E-state index contributed by atoms with van der Waals surface area (Å²) in [6.45, 7) is 0.168. The van der Waals surface area contributed by atoms with Crippen LogP contribution in [0.3, 0.4) is 0 Å². The minimum absolute atomic E-state index is 0.107. The van der Waals surface area contributed by atoms with Crippen LogP contribution >= 0.6 is 0 Å². The molecule has 2 unspecified atom stereocenters. The van der Waals surface area contributed by atoms with Gasteiger partial charge >= 0.3 is 0 Å². The zero-order valence-electron chi connectivity index (χ0n) is 14.6. The van der Waals surface area contributed by atoms with Crippen LogP contribution < -0.4 is 10.2 Å². The number of nitrogens with one attached hydrogen (secondary N) is 1. The highest BCUT2D eigenvalue weighted by molar-refractivity contribution is 5.87. The molecule has 140 valence electrons. The maximum atomic E-state index is 13.9. The highest BCUT2D eigenvalue weighted by Gasteiger charge is 2.40. The molecule has 1 saturated heterocycles. The van der Waals surface area contributed by atoms with Crippen molar-refractivity contribution >= 4 is 12.2 Å². The van der Waals surface area contributed by atoms with Gasteiger partial charge in [-0.3, -0.25) is 9.80 Å². The maximum absolute atomic E-state index is 13.9. The van der Waals surface area contributed by atoms with Gasteiger partial charge in [0.2, 0.25) is 0 Å². The number of benzene rings is 2. The Kier molecular flexibility index (Phi) is 4.49. The van der Waals surface area contributed by atoms with Gasteiger partial charge in [-0.1, -0.05) is 18.2 Å². The fourth-order valence-electron chi connectivity index (χ4n) is 3.35. The molecule has 8 heteroatoms. The number of rotatable bonds is 4. The quantitative estimate of drug-likeness (QED) is 0.896. The molecule has 0 radical (unpaired) electrons. The van der Waals surface area contributed by atoms with Gasteiger partial charge < -0.3 is 4.74 Å². The van der Waals surface area contributed by atoms with Gasteiger partial charge in [-0.15, -0.1) is 0 Å². The molecule has 0 bridgehead atoms. The van der Waals surface area contributed by atoms with E-state index in [1.807, 2.05) is 0 Å². The topological polar surface area (TPSA) is 57.2 Å². The van der Waals surface area contributed by atoms with Gasteiger partial charge in [-0.25, -0.2) is 19.2 Å². The summed E-state index contributed by atoms with van der Waals surface area (Å²) in [6.07, 6.45) is 2.08. The summed E-state index contributed by atoms with van der Waals surface area (Å²) >= 11 is 0. The summed E-state index contributed by atoms with van der Waals surface area (Å²) in [4.78, 5) is 12.8. The van der Waals surface area contributed by atoms with Crippen LogP contribution in [-0.4, -0.2) is 35.4 Å². The van der Waals surface area contributed by atoms with Gasteiger partial charge in [0.1, 0.15) is 18.2 Å². The first-order chi connectivity index (χ1) is 13.0. The van der Waals surface area contributed by atoms with E-state index in [2.05, 4.69) is 10.5 Å². The van der Waals surface area contributed by atoms with E-state index in [9.17, 15) is 13.6 Å². The third-order valence-electron chi connectivity index (χ3n) is 4.78. The summed E-state index contributed by atoms with van der Waals surface area (Å²) in [5.74, 6) is -0.805. The fourth-order valence-corrected chi connectivity index (χ4v) is 3.35. The largest absolute Gasteiger partial charge is 0.494 e. The van der Waals surface area contributed by atoms with Gasteiger partial charge in [-0.05, 0) is 41.8 Å². The van der Waals surface area contributed by atoms with E-state index in [0.29, 0.717) is 12.0 Å². The van der Waals surface area contributed by atoms with Crippen molar-refractivity contribution in [2.45, 2.75) is 25.0 Å². The number of hydrazone groups is 1. The Labute approximate surface area is 155 Å². The summed E-state index contributed by atoms with van der Waals surface area (Å²) in [6, 6.07) is 10.2. The zero-order chi connectivity index (χ0) is 19.0. The second-order valence-electron chi connectivity index (χ2n) is 6.49. The van der Waals surface area contributed by atoms with Crippen LogP contribution in [0.5, 0.6) is 5.75 Å². The lowest BCUT2D eigenvalue weighted by molar-refractivity contribution is -0.137. The van der Waals surface area contributed by atoms with Gasteiger partial charge in [0.25, 0.3) is 5.91 Å². The second-order valence-corrected chi connectivity index (χ2v) is 6.49. The van der Waals surface area contributed by atoms with E-state index < -0.39 is 11.9 Å². The molecule has 2 aromatic rings. The van der Waals surface area contributed by atoms with Crippen molar-refractivity contribution in [3.8, 4) is 5.75 Å². The summed E-state index contributed by atoms with van der Waals surface area (Å²) < 4.78 is 31.9. The first-order valence-corrected chi connectivity index (χ1v) is 8.53.